The number of aromatic nitrogens is 1. The Bertz CT molecular complexity index is 544. The van der Waals surface area contributed by atoms with Gasteiger partial charge in [0.25, 0.3) is 0 Å². The van der Waals surface area contributed by atoms with Crippen molar-refractivity contribution in [2.24, 2.45) is 0 Å². The van der Waals surface area contributed by atoms with Crippen LogP contribution < -0.4 is 5.32 Å². The van der Waals surface area contributed by atoms with Crippen LogP contribution in [0.15, 0.2) is 36.5 Å². The minimum absolute atomic E-state index is 0.763. The van der Waals surface area contributed by atoms with E-state index in [9.17, 15) is 0 Å². The fraction of sp³-hybridized carbons (Fsp3) is 0.267. The van der Waals surface area contributed by atoms with Crippen LogP contribution in [0, 0.1) is 11.8 Å². The lowest BCUT2D eigenvalue weighted by atomic mass is 10.1. The summed E-state index contributed by atoms with van der Waals surface area (Å²) in [6, 6.07) is 10.2. The van der Waals surface area contributed by atoms with E-state index in [1.807, 2.05) is 30.5 Å². The quantitative estimate of drug-likeness (QED) is 0.639. The maximum absolute atomic E-state index is 4.34. The third kappa shape index (κ3) is 3.05. The highest BCUT2D eigenvalue weighted by Gasteiger charge is 1.98. The first-order chi connectivity index (χ1) is 8.42. The molecular formula is C15H16N2. The molecule has 2 aromatic rings. The number of nitrogens with zero attached hydrogens (tertiary/aromatic N) is 1. The Morgan fingerprint density at radius 3 is 2.94 bits per heavy atom. The Labute approximate surface area is 102 Å². The van der Waals surface area contributed by atoms with Gasteiger partial charge in [-0.05, 0) is 24.2 Å². The Kier molecular flexibility index (Phi) is 4.12. The molecule has 0 saturated heterocycles. The highest BCUT2D eigenvalue weighted by molar-refractivity contribution is 5.82. The summed E-state index contributed by atoms with van der Waals surface area (Å²) in [5.74, 6) is 6.31. The van der Waals surface area contributed by atoms with Gasteiger partial charge < -0.3 is 5.32 Å². The van der Waals surface area contributed by atoms with Gasteiger partial charge in [0.05, 0.1) is 12.1 Å². The van der Waals surface area contributed by atoms with Crippen LogP contribution in [0.2, 0.25) is 0 Å². The van der Waals surface area contributed by atoms with Gasteiger partial charge in [0.1, 0.15) is 0 Å². The predicted molar refractivity (Wildman–Crippen MR) is 71.8 cm³/mol. The van der Waals surface area contributed by atoms with Gasteiger partial charge in [0.2, 0.25) is 0 Å². The summed E-state index contributed by atoms with van der Waals surface area (Å²) in [4.78, 5) is 4.34. The minimum Gasteiger partial charge on any atom is -0.307 e. The highest BCUT2D eigenvalue weighted by Crippen LogP contribution is 2.15. The van der Waals surface area contributed by atoms with Gasteiger partial charge in [-0.3, -0.25) is 4.98 Å². The lowest BCUT2D eigenvalue weighted by Crippen LogP contribution is -2.11. The summed E-state index contributed by atoms with van der Waals surface area (Å²) < 4.78 is 0. The van der Waals surface area contributed by atoms with Crippen molar-refractivity contribution in [2.75, 3.05) is 13.1 Å². The van der Waals surface area contributed by atoms with Crippen LogP contribution in [0.25, 0.3) is 10.9 Å². The molecule has 2 rings (SSSR count). The summed E-state index contributed by atoms with van der Waals surface area (Å²) >= 11 is 0. The largest absolute Gasteiger partial charge is 0.307 e. The first-order valence-electron chi connectivity index (χ1n) is 5.91. The Hall–Kier alpha value is -1.85. The number of pyridine rings is 1. The maximum Gasteiger partial charge on any atom is 0.0705 e. The van der Waals surface area contributed by atoms with E-state index in [2.05, 4.69) is 35.1 Å². The maximum atomic E-state index is 4.34. The van der Waals surface area contributed by atoms with Crippen molar-refractivity contribution >= 4 is 10.9 Å². The molecule has 1 aromatic heterocycles. The van der Waals surface area contributed by atoms with Crippen molar-refractivity contribution in [2.45, 2.75) is 13.3 Å². The second kappa shape index (κ2) is 6.03. The zero-order valence-electron chi connectivity index (χ0n) is 10.0. The average molecular weight is 224 g/mol. The number of hydrogen-bond acceptors (Lipinski definition) is 2. The average Bonchev–Trinajstić information content (AvgIpc) is 2.39. The number of rotatable bonds is 3. The lowest BCUT2D eigenvalue weighted by molar-refractivity contribution is 0.810. The zero-order valence-corrected chi connectivity index (χ0v) is 10.0. The molecule has 17 heavy (non-hydrogen) atoms. The van der Waals surface area contributed by atoms with Gasteiger partial charge in [-0.1, -0.05) is 37.0 Å². The van der Waals surface area contributed by atoms with Gasteiger partial charge in [-0.2, -0.15) is 0 Å². The van der Waals surface area contributed by atoms with Crippen molar-refractivity contribution in [3.8, 4) is 11.8 Å². The van der Waals surface area contributed by atoms with Crippen molar-refractivity contribution in [1.29, 1.82) is 0 Å². The van der Waals surface area contributed by atoms with E-state index in [-0.39, 0.29) is 0 Å². The molecule has 0 bridgehead atoms. The van der Waals surface area contributed by atoms with Crippen molar-refractivity contribution in [3.05, 3.63) is 42.1 Å². The fourth-order valence-electron chi connectivity index (χ4n) is 1.72. The minimum atomic E-state index is 0.763. The summed E-state index contributed by atoms with van der Waals surface area (Å²) in [6.45, 7) is 3.81. The molecule has 0 amide bonds. The molecule has 0 unspecified atom stereocenters. The molecule has 0 radical (unpaired) electrons. The molecule has 0 saturated carbocycles. The van der Waals surface area contributed by atoms with Crippen LogP contribution in [0.1, 0.15) is 12.5 Å². The molecule has 2 nitrogen and oxygen atoms in total. The molecule has 0 aliphatic carbocycles. The molecule has 0 aliphatic rings. The second-order valence-corrected chi connectivity index (χ2v) is 3.80. The van der Waals surface area contributed by atoms with Gasteiger partial charge >= 0.3 is 0 Å². The van der Waals surface area contributed by atoms with E-state index < -0.39 is 0 Å². The molecular weight excluding hydrogens is 208 g/mol. The zero-order chi connectivity index (χ0) is 11.9. The molecule has 1 heterocycles. The highest BCUT2D eigenvalue weighted by atomic mass is 14.8. The molecule has 86 valence electrons. The Morgan fingerprint density at radius 2 is 2.06 bits per heavy atom. The normalized spacial score (nSPS) is 9.94. The second-order valence-electron chi connectivity index (χ2n) is 3.80. The Balaban J connectivity index is 2.15. The topological polar surface area (TPSA) is 24.9 Å². The van der Waals surface area contributed by atoms with Crippen LogP contribution in [-0.4, -0.2) is 18.1 Å². The van der Waals surface area contributed by atoms with Crippen LogP contribution >= 0.6 is 0 Å². The standard InChI is InChI=1S/C15H16N2/c1-2-16-11-6-5-7-13-10-12-17-15-9-4-3-8-14(13)15/h3-4,8-10,12,16H,2,7,11H2,1H3. The van der Waals surface area contributed by atoms with Crippen molar-refractivity contribution in [1.82, 2.24) is 10.3 Å². The molecule has 0 aliphatic heterocycles. The van der Waals surface area contributed by atoms with Gasteiger partial charge in [0, 0.05) is 18.0 Å². The van der Waals surface area contributed by atoms with Crippen LogP contribution in [0.3, 0.4) is 0 Å². The van der Waals surface area contributed by atoms with Crippen LogP contribution in [0.4, 0.5) is 0 Å². The molecule has 1 aromatic carbocycles. The monoisotopic (exact) mass is 224 g/mol. The van der Waals surface area contributed by atoms with Gasteiger partial charge in [-0.15, -0.1) is 0 Å². The summed E-state index contributed by atoms with van der Waals surface area (Å²) in [5.41, 5.74) is 2.29. The third-order valence-electron chi connectivity index (χ3n) is 2.61. The van der Waals surface area contributed by atoms with Gasteiger partial charge in [-0.25, -0.2) is 0 Å². The van der Waals surface area contributed by atoms with Crippen LogP contribution in [0.5, 0.6) is 0 Å². The van der Waals surface area contributed by atoms with E-state index in [1.54, 1.807) is 0 Å². The summed E-state index contributed by atoms with van der Waals surface area (Å²) in [7, 11) is 0. The van der Waals surface area contributed by atoms with Crippen molar-refractivity contribution in [3.63, 3.8) is 0 Å². The molecule has 0 atom stereocenters. The van der Waals surface area contributed by atoms with E-state index in [1.165, 1.54) is 10.9 Å². The first-order valence-corrected chi connectivity index (χ1v) is 5.91. The Morgan fingerprint density at radius 1 is 1.18 bits per heavy atom. The summed E-state index contributed by atoms with van der Waals surface area (Å²) in [6.07, 6.45) is 2.64. The third-order valence-corrected chi connectivity index (χ3v) is 2.61. The fourth-order valence-corrected chi connectivity index (χ4v) is 1.72. The van der Waals surface area contributed by atoms with E-state index in [0.717, 1.165) is 25.0 Å². The van der Waals surface area contributed by atoms with Crippen molar-refractivity contribution < 1.29 is 0 Å². The number of nitrogens with one attached hydrogen (secondary N) is 1. The molecule has 0 spiro atoms. The number of fused-ring (bicyclic) bond motifs is 1. The SMILES string of the molecule is CCNCC#CCc1ccnc2ccccc12. The van der Waals surface area contributed by atoms with E-state index in [4.69, 9.17) is 0 Å². The molecule has 1 N–H and O–H groups in total. The molecule has 0 fully saturated rings. The number of hydrogen-bond donors (Lipinski definition) is 1. The predicted octanol–water partition coefficient (Wildman–Crippen LogP) is 2.39. The lowest BCUT2D eigenvalue weighted by Gasteiger charge is -2.01. The van der Waals surface area contributed by atoms with E-state index in [0.29, 0.717) is 0 Å². The van der Waals surface area contributed by atoms with Crippen LogP contribution in [-0.2, 0) is 6.42 Å². The smallest absolute Gasteiger partial charge is 0.0705 e. The molecule has 2 heteroatoms. The van der Waals surface area contributed by atoms with E-state index >= 15 is 0 Å². The first kappa shape index (κ1) is 11.6. The summed E-state index contributed by atoms with van der Waals surface area (Å²) in [5, 5.41) is 4.39. The number of benzene rings is 1. The van der Waals surface area contributed by atoms with Gasteiger partial charge in [0.15, 0.2) is 0 Å². The number of para-hydroxylation sites is 1.